The number of nitro groups is 1. The van der Waals surface area contributed by atoms with E-state index in [0.717, 1.165) is 22.4 Å². The van der Waals surface area contributed by atoms with Crippen LogP contribution in [0, 0.1) is 10.1 Å². The van der Waals surface area contributed by atoms with Crippen molar-refractivity contribution in [1.29, 1.82) is 0 Å². The number of fused-ring (bicyclic) bond motifs is 1. The first-order chi connectivity index (χ1) is 13.0. The first-order valence-corrected chi connectivity index (χ1v) is 8.30. The summed E-state index contributed by atoms with van der Waals surface area (Å²) in [7, 11) is 3.19. The van der Waals surface area contributed by atoms with Crippen molar-refractivity contribution in [3.8, 4) is 11.5 Å². The fourth-order valence-electron chi connectivity index (χ4n) is 2.82. The molecule has 0 saturated heterocycles. The van der Waals surface area contributed by atoms with Gasteiger partial charge >= 0.3 is 0 Å². The Morgan fingerprint density at radius 2 is 1.70 bits per heavy atom. The largest absolute Gasteiger partial charge is 0.493 e. The summed E-state index contributed by atoms with van der Waals surface area (Å²) < 4.78 is 10.8. The monoisotopic (exact) mass is 365 g/mol. The van der Waals surface area contributed by atoms with Gasteiger partial charge in [0.25, 0.3) is 5.69 Å². The van der Waals surface area contributed by atoms with E-state index < -0.39 is 4.92 Å². The molecule has 3 rings (SSSR count). The molecule has 138 valence electrons. The molecule has 2 aromatic carbocycles. The minimum atomic E-state index is -0.420. The van der Waals surface area contributed by atoms with Crippen LogP contribution >= 0.6 is 0 Å². The molecule has 7 nitrogen and oxygen atoms in total. The molecule has 1 aliphatic rings. The Labute approximate surface area is 156 Å². The van der Waals surface area contributed by atoms with Gasteiger partial charge in [-0.15, -0.1) is 0 Å². The quantitative estimate of drug-likeness (QED) is 0.591. The predicted molar refractivity (Wildman–Crippen MR) is 105 cm³/mol. The summed E-state index contributed by atoms with van der Waals surface area (Å²) >= 11 is 0. The first kappa shape index (κ1) is 18.3. The maximum absolute atomic E-state index is 10.8. The van der Waals surface area contributed by atoms with E-state index in [1.807, 2.05) is 31.2 Å². The van der Waals surface area contributed by atoms with Gasteiger partial charge in [0.1, 0.15) is 0 Å². The van der Waals surface area contributed by atoms with Crippen molar-refractivity contribution in [2.24, 2.45) is 10.2 Å². The average molecular weight is 365 g/mol. The number of non-ortho nitro benzene ring substituents is 1. The summed E-state index contributed by atoms with van der Waals surface area (Å²) in [4.78, 5) is 10.3. The van der Waals surface area contributed by atoms with E-state index in [1.54, 1.807) is 26.4 Å². The molecule has 27 heavy (non-hydrogen) atoms. The Morgan fingerprint density at radius 3 is 2.33 bits per heavy atom. The number of rotatable bonds is 5. The molecular weight excluding hydrogens is 346 g/mol. The molecule has 0 radical (unpaired) electrons. The lowest BCUT2D eigenvalue weighted by molar-refractivity contribution is -0.384. The number of nitrogens with zero attached hydrogens (tertiary/aromatic N) is 3. The SMILES string of the molecule is COc1cc2c(cc1OC)C(C=Cc1ccc([N+](=O)[O-])cc1)=NN=C(C)C2. The van der Waals surface area contributed by atoms with E-state index in [2.05, 4.69) is 10.2 Å². The molecule has 7 heteroatoms. The summed E-state index contributed by atoms with van der Waals surface area (Å²) in [6.45, 7) is 1.92. The number of allylic oxidation sites excluding steroid dienone is 1. The lowest BCUT2D eigenvalue weighted by Gasteiger charge is -2.13. The molecule has 0 spiro atoms. The third-order valence-electron chi connectivity index (χ3n) is 4.20. The topological polar surface area (TPSA) is 86.3 Å². The van der Waals surface area contributed by atoms with Crippen LogP contribution < -0.4 is 9.47 Å². The Morgan fingerprint density at radius 1 is 1.04 bits per heavy atom. The van der Waals surface area contributed by atoms with Crippen LogP contribution in [0.1, 0.15) is 23.6 Å². The highest BCUT2D eigenvalue weighted by molar-refractivity contribution is 6.13. The Balaban J connectivity index is 1.99. The molecule has 0 bridgehead atoms. The van der Waals surface area contributed by atoms with Gasteiger partial charge in [-0.2, -0.15) is 10.2 Å². The maximum Gasteiger partial charge on any atom is 0.269 e. The highest BCUT2D eigenvalue weighted by atomic mass is 16.6. The van der Waals surface area contributed by atoms with Crippen LogP contribution in [0.4, 0.5) is 5.69 Å². The van der Waals surface area contributed by atoms with Crippen LogP contribution in [0.15, 0.2) is 52.7 Å². The fraction of sp³-hybridized carbons (Fsp3) is 0.200. The van der Waals surface area contributed by atoms with Gasteiger partial charge in [-0.25, -0.2) is 0 Å². The van der Waals surface area contributed by atoms with Crippen LogP contribution in [0.5, 0.6) is 11.5 Å². The number of nitro benzene ring substituents is 1. The summed E-state index contributed by atoms with van der Waals surface area (Å²) in [5, 5.41) is 19.4. The molecule has 2 aromatic rings. The average Bonchev–Trinajstić information content (AvgIpc) is 2.83. The first-order valence-electron chi connectivity index (χ1n) is 8.30. The molecule has 0 fully saturated rings. The van der Waals surface area contributed by atoms with Crippen molar-refractivity contribution in [2.75, 3.05) is 14.2 Å². The molecule has 0 atom stereocenters. The van der Waals surface area contributed by atoms with Gasteiger partial charge in [-0.1, -0.05) is 6.08 Å². The molecule has 1 aliphatic heterocycles. The zero-order chi connectivity index (χ0) is 19.4. The molecule has 0 aromatic heterocycles. The van der Waals surface area contributed by atoms with Crippen molar-refractivity contribution < 1.29 is 14.4 Å². The van der Waals surface area contributed by atoms with E-state index >= 15 is 0 Å². The van der Waals surface area contributed by atoms with Crippen LogP contribution in [0.25, 0.3) is 6.08 Å². The Kier molecular flexibility index (Phi) is 5.30. The van der Waals surface area contributed by atoms with Crippen molar-refractivity contribution in [3.63, 3.8) is 0 Å². The molecule has 1 heterocycles. The third-order valence-corrected chi connectivity index (χ3v) is 4.20. The molecular formula is C20H19N3O4. The van der Waals surface area contributed by atoms with Crippen molar-refractivity contribution in [1.82, 2.24) is 0 Å². The Bertz CT molecular complexity index is 960. The van der Waals surface area contributed by atoms with Gasteiger partial charge < -0.3 is 9.47 Å². The fourth-order valence-corrected chi connectivity index (χ4v) is 2.82. The van der Waals surface area contributed by atoms with E-state index in [9.17, 15) is 10.1 Å². The van der Waals surface area contributed by atoms with Gasteiger partial charge in [0.2, 0.25) is 0 Å². The second-order valence-corrected chi connectivity index (χ2v) is 6.04. The predicted octanol–water partition coefficient (Wildman–Crippen LogP) is 4.05. The smallest absolute Gasteiger partial charge is 0.269 e. The highest BCUT2D eigenvalue weighted by Crippen LogP contribution is 2.32. The van der Waals surface area contributed by atoms with Gasteiger partial charge in [-0.05, 0) is 48.4 Å². The number of methoxy groups -OCH3 is 2. The van der Waals surface area contributed by atoms with Gasteiger partial charge in [-0.3, -0.25) is 10.1 Å². The van der Waals surface area contributed by atoms with Crippen LogP contribution in [0.2, 0.25) is 0 Å². The lowest BCUT2D eigenvalue weighted by atomic mass is 9.97. The highest BCUT2D eigenvalue weighted by Gasteiger charge is 2.17. The van der Waals surface area contributed by atoms with Crippen LogP contribution in [-0.2, 0) is 6.42 Å². The number of benzene rings is 2. The van der Waals surface area contributed by atoms with Gasteiger partial charge in [0, 0.05) is 29.8 Å². The summed E-state index contributed by atoms with van der Waals surface area (Å²) in [5.41, 5.74) is 4.41. The zero-order valence-electron chi connectivity index (χ0n) is 15.3. The normalized spacial score (nSPS) is 13.4. The molecule has 0 unspecified atom stereocenters. The standard InChI is InChI=1S/C20H19N3O4/c1-13-10-15-11-19(26-2)20(27-3)12-17(15)18(22-21-13)9-6-14-4-7-16(8-5-14)23(24)25/h4-9,11-12H,10H2,1-3H3. The molecule has 0 aliphatic carbocycles. The number of ether oxygens (including phenoxy) is 2. The number of hydrogen-bond acceptors (Lipinski definition) is 6. The van der Waals surface area contributed by atoms with E-state index in [-0.39, 0.29) is 5.69 Å². The van der Waals surface area contributed by atoms with E-state index in [1.165, 1.54) is 12.1 Å². The van der Waals surface area contributed by atoms with Gasteiger partial charge in [0.05, 0.1) is 24.9 Å². The van der Waals surface area contributed by atoms with Crippen molar-refractivity contribution in [2.45, 2.75) is 13.3 Å². The van der Waals surface area contributed by atoms with Crippen molar-refractivity contribution in [3.05, 3.63) is 69.3 Å². The van der Waals surface area contributed by atoms with Crippen LogP contribution in [-0.4, -0.2) is 30.6 Å². The van der Waals surface area contributed by atoms with Gasteiger partial charge in [0.15, 0.2) is 11.5 Å². The lowest BCUT2D eigenvalue weighted by Crippen LogP contribution is -2.05. The van der Waals surface area contributed by atoms with Crippen molar-refractivity contribution >= 4 is 23.2 Å². The molecule has 0 saturated carbocycles. The van der Waals surface area contributed by atoms with Crippen LogP contribution in [0.3, 0.4) is 0 Å². The summed E-state index contributed by atoms with van der Waals surface area (Å²) in [6.07, 6.45) is 4.35. The second-order valence-electron chi connectivity index (χ2n) is 6.04. The molecule has 0 amide bonds. The number of hydrogen-bond donors (Lipinski definition) is 0. The van der Waals surface area contributed by atoms with E-state index in [0.29, 0.717) is 23.6 Å². The summed E-state index contributed by atoms with van der Waals surface area (Å²) in [6, 6.07) is 10.2. The summed E-state index contributed by atoms with van der Waals surface area (Å²) in [5.74, 6) is 1.27. The third kappa shape index (κ3) is 4.03. The zero-order valence-corrected chi connectivity index (χ0v) is 15.3. The minimum Gasteiger partial charge on any atom is -0.493 e. The minimum absolute atomic E-state index is 0.0568. The van der Waals surface area contributed by atoms with E-state index in [4.69, 9.17) is 9.47 Å². The Hall–Kier alpha value is -3.48. The molecule has 0 N–H and O–H groups in total. The maximum atomic E-state index is 10.8. The second kappa shape index (κ2) is 7.82.